The molecule has 5 nitrogen and oxygen atoms in total. The molecule has 1 atom stereocenters. The van der Waals surface area contributed by atoms with Gasteiger partial charge < -0.3 is 14.9 Å². The van der Waals surface area contributed by atoms with Gasteiger partial charge in [-0.3, -0.25) is 9.59 Å². The van der Waals surface area contributed by atoms with Crippen molar-refractivity contribution in [1.82, 2.24) is 0 Å². The Kier molecular flexibility index (Phi) is 4.40. The SMILES string of the molecule is CCOC(=O)CC(C)(O)CC(=O)O. The first-order valence-electron chi connectivity index (χ1n) is 3.97. The highest BCUT2D eigenvalue weighted by Crippen LogP contribution is 2.14. The molecule has 0 rings (SSSR count). The number of esters is 1. The molecule has 0 radical (unpaired) electrons. The minimum atomic E-state index is -1.53. The fourth-order valence-corrected chi connectivity index (χ4v) is 0.911. The van der Waals surface area contributed by atoms with Gasteiger partial charge in [-0.2, -0.15) is 0 Å². The van der Waals surface area contributed by atoms with E-state index in [1.54, 1.807) is 6.92 Å². The Morgan fingerprint density at radius 1 is 1.38 bits per heavy atom. The topological polar surface area (TPSA) is 83.8 Å². The van der Waals surface area contributed by atoms with Crippen LogP contribution in [0.1, 0.15) is 26.7 Å². The molecule has 0 aromatic rings. The number of hydrogen-bond acceptors (Lipinski definition) is 4. The first-order valence-corrected chi connectivity index (χ1v) is 3.97. The highest BCUT2D eigenvalue weighted by molar-refractivity contribution is 5.73. The van der Waals surface area contributed by atoms with Gasteiger partial charge in [-0.15, -0.1) is 0 Å². The van der Waals surface area contributed by atoms with Crippen molar-refractivity contribution in [3.63, 3.8) is 0 Å². The Morgan fingerprint density at radius 2 is 1.92 bits per heavy atom. The van der Waals surface area contributed by atoms with Crippen molar-refractivity contribution in [3.05, 3.63) is 0 Å². The number of carboxylic acid groups (broad SMARTS) is 1. The molecule has 0 spiro atoms. The molecular formula is C8H14O5. The molecule has 2 N–H and O–H groups in total. The molecule has 0 bridgehead atoms. The van der Waals surface area contributed by atoms with E-state index in [9.17, 15) is 14.7 Å². The second kappa shape index (κ2) is 4.81. The smallest absolute Gasteiger partial charge is 0.308 e. The van der Waals surface area contributed by atoms with Crippen LogP contribution in [0.3, 0.4) is 0 Å². The van der Waals surface area contributed by atoms with Crippen molar-refractivity contribution in [2.75, 3.05) is 6.61 Å². The quantitative estimate of drug-likeness (QED) is 0.603. The van der Waals surface area contributed by atoms with Crippen LogP contribution in [-0.4, -0.2) is 34.4 Å². The van der Waals surface area contributed by atoms with Crippen molar-refractivity contribution in [1.29, 1.82) is 0 Å². The normalized spacial score (nSPS) is 14.7. The Bertz CT molecular complexity index is 197. The molecule has 1 unspecified atom stereocenters. The van der Waals surface area contributed by atoms with Gasteiger partial charge in [0.2, 0.25) is 0 Å². The van der Waals surface area contributed by atoms with Crippen LogP contribution in [0.4, 0.5) is 0 Å². The predicted octanol–water partition coefficient (Wildman–Crippen LogP) is 0.165. The van der Waals surface area contributed by atoms with Crippen molar-refractivity contribution in [3.8, 4) is 0 Å². The van der Waals surface area contributed by atoms with E-state index in [2.05, 4.69) is 4.74 Å². The van der Waals surface area contributed by atoms with E-state index in [1.165, 1.54) is 6.92 Å². The number of aliphatic hydroxyl groups is 1. The van der Waals surface area contributed by atoms with Crippen molar-refractivity contribution < 1.29 is 24.5 Å². The van der Waals surface area contributed by atoms with Gasteiger partial charge in [0, 0.05) is 0 Å². The Hall–Kier alpha value is -1.10. The standard InChI is InChI=1S/C8H14O5/c1-3-13-7(11)5-8(2,12)4-6(9)10/h12H,3-5H2,1-2H3,(H,9,10). The lowest BCUT2D eigenvalue weighted by Gasteiger charge is -2.19. The highest BCUT2D eigenvalue weighted by atomic mass is 16.5. The zero-order valence-corrected chi connectivity index (χ0v) is 7.74. The van der Waals surface area contributed by atoms with Crippen LogP contribution in [0.2, 0.25) is 0 Å². The van der Waals surface area contributed by atoms with E-state index in [0.29, 0.717) is 0 Å². The molecule has 0 saturated carbocycles. The number of hydrogen-bond donors (Lipinski definition) is 2. The average molecular weight is 190 g/mol. The number of carbonyl (C=O) groups is 2. The van der Waals surface area contributed by atoms with E-state index in [0.717, 1.165) is 0 Å². The molecular weight excluding hydrogens is 176 g/mol. The summed E-state index contributed by atoms with van der Waals surface area (Å²) in [6.45, 7) is 3.16. The van der Waals surface area contributed by atoms with Crippen LogP contribution in [0, 0.1) is 0 Å². The summed E-state index contributed by atoms with van der Waals surface area (Å²) in [5.74, 6) is -1.73. The molecule has 13 heavy (non-hydrogen) atoms. The summed E-state index contributed by atoms with van der Waals surface area (Å²) in [6, 6.07) is 0. The van der Waals surface area contributed by atoms with E-state index in [-0.39, 0.29) is 13.0 Å². The minimum absolute atomic E-state index is 0.224. The van der Waals surface area contributed by atoms with Gasteiger partial charge >= 0.3 is 11.9 Å². The minimum Gasteiger partial charge on any atom is -0.481 e. The van der Waals surface area contributed by atoms with E-state index < -0.39 is 24.0 Å². The van der Waals surface area contributed by atoms with Crippen molar-refractivity contribution in [2.45, 2.75) is 32.3 Å². The fourth-order valence-electron chi connectivity index (χ4n) is 0.911. The Labute approximate surface area is 76.3 Å². The van der Waals surface area contributed by atoms with Gasteiger partial charge in [0.05, 0.1) is 25.0 Å². The number of carbonyl (C=O) groups excluding carboxylic acids is 1. The summed E-state index contributed by atoms with van der Waals surface area (Å²) in [5, 5.41) is 17.8. The van der Waals surface area contributed by atoms with Crippen LogP contribution in [0.25, 0.3) is 0 Å². The molecule has 76 valence electrons. The molecule has 0 aliphatic carbocycles. The second-order valence-corrected chi connectivity index (χ2v) is 3.05. The molecule has 0 aliphatic rings. The van der Waals surface area contributed by atoms with E-state index in [4.69, 9.17) is 5.11 Å². The third kappa shape index (κ3) is 6.10. The third-order valence-electron chi connectivity index (χ3n) is 1.36. The number of rotatable bonds is 5. The monoisotopic (exact) mass is 190 g/mol. The van der Waals surface area contributed by atoms with Crippen LogP contribution >= 0.6 is 0 Å². The second-order valence-electron chi connectivity index (χ2n) is 3.05. The van der Waals surface area contributed by atoms with Crippen LogP contribution < -0.4 is 0 Å². The van der Waals surface area contributed by atoms with Gasteiger partial charge in [-0.1, -0.05) is 0 Å². The fraction of sp³-hybridized carbons (Fsp3) is 0.750. The molecule has 0 saturated heterocycles. The lowest BCUT2D eigenvalue weighted by atomic mass is 9.98. The molecule has 0 fully saturated rings. The lowest BCUT2D eigenvalue weighted by Crippen LogP contribution is -2.31. The first-order chi connectivity index (χ1) is 5.87. The largest absolute Gasteiger partial charge is 0.481 e. The molecule has 0 aliphatic heterocycles. The summed E-state index contributed by atoms with van der Waals surface area (Å²) in [6.07, 6.45) is -0.765. The zero-order chi connectivity index (χ0) is 10.5. The zero-order valence-electron chi connectivity index (χ0n) is 7.74. The Morgan fingerprint density at radius 3 is 2.31 bits per heavy atom. The maximum absolute atomic E-state index is 10.9. The van der Waals surface area contributed by atoms with E-state index in [1.807, 2.05) is 0 Å². The summed E-state index contributed by atoms with van der Waals surface area (Å²) in [5.41, 5.74) is -1.53. The predicted molar refractivity (Wildman–Crippen MR) is 44.1 cm³/mol. The van der Waals surface area contributed by atoms with Crippen LogP contribution in [0.15, 0.2) is 0 Å². The van der Waals surface area contributed by atoms with Gasteiger partial charge in [0.1, 0.15) is 0 Å². The lowest BCUT2D eigenvalue weighted by molar-refractivity contribution is -0.151. The maximum atomic E-state index is 10.9. The van der Waals surface area contributed by atoms with Gasteiger partial charge in [0.15, 0.2) is 0 Å². The summed E-state index contributed by atoms with van der Waals surface area (Å²) < 4.78 is 4.57. The molecule has 0 aromatic heterocycles. The van der Waals surface area contributed by atoms with E-state index >= 15 is 0 Å². The number of aliphatic carboxylic acids is 1. The van der Waals surface area contributed by atoms with Crippen molar-refractivity contribution in [2.24, 2.45) is 0 Å². The summed E-state index contributed by atoms with van der Waals surface area (Å²) in [7, 11) is 0. The maximum Gasteiger partial charge on any atom is 0.308 e. The van der Waals surface area contributed by atoms with Crippen molar-refractivity contribution >= 4 is 11.9 Å². The van der Waals surface area contributed by atoms with Crippen LogP contribution in [0.5, 0.6) is 0 Å². The first kappa shape index (κ1) is 11.9. The molecule has 5 heteroatoms. The molecule has 0 aromatic carbocycles. The summed E-state index contributed by atoms with van der Waals surface area (Å²) >= 11 is 0. The van der Waals surface area contributed by atoms with Gasteiger partial charge in [-0.05, 0) is 13.8 Å². The molecule has 0 amide bonds. The molecule has 0 heterocycles. The Balaban J connectivity index is 4.00. The van der Waals surface area contributed by atoms with Gasteiger partial charge in [0.25, 0.3) is 0 Å². The summed E-state index contributed by atoms with van der Waals surface area (Å²) in [4.78, 5) is 21.1. The number of ether oxygens (including phenoxy) is 1. The average Bonchev–Trinajstić information content (AvgIpc) is 1.81. The van der Waals surface area contributed by atoms with Crippen LogP contribution in [-0.2, 0) is 14.3 Å². The third-order valence-corrected chi connectivity index (χ3v) is 1.36. The van der Waals surface area contributed by atoms with Gasteiger partial charge in [-0.25, -0.2) is 0 Å². The highest BCUT2D eigenvalue weighted by Gasteiger charge is 2.28. The number of carboxylic acids is 1.